The van der Waals surface area contributed by atoms with Crippen molar-refractivity contribution in [2.75, 3.05) is 0 Å². The Morgan fingerprint density at radius 3 is 1.00 bits per heavy atom. The first-order valence-electron chi connectivity index (χ1n) is 0.333. The second-order valence-corrected chi connectivity index (χ2v) is 0.0680. The van der Waals surface area contributed by atoms with E-state index in [-0.39, 0.29) is 116 Å². The van der Waals surface area contributed by atoms with Crippen molar-refractivity contribution >= 4 is 0 Å². The predicted octanol–water partition coefficient (Wildman–Crippen LogP) is -8.44. The summed E-state index contributed by atoms with van der Waals surface area (Å²) >= 11 is 0. The Bertz CT molecular complexity index is 4.85. The smallest absolute Gasteiger partial charge is 0.734 e. The van der Waals surface area contributed by atoms with E-state index in [9.17, 15) is 0 Å². The van der Waals surface area contributed by atoms with Crippen LogP contribution in [0.4, 0.5) is 0 Å². The van der Waals surface area contributed by atoms with Gasteiger partial charge < -0.3 is 15.6 Å². The third kappa shape index (κ3) is 18.5. The maximum atomic E-state index is 7.88. The summed E-state index contributed by atoms with van der Waals surface area (Å²) in [5.74, 6) is 0. The molecule has 0 atom stereocenters. The summed E-state index contributed by atoms with van der Waals surface area (Å²) in [6, 6.07) is 0. The Kier molecular flexibility index (Phi) is 49.5. The van der Waals surface area contributed by atoms with Crippen LogP contribution in [-0.4, -0.2) is 0 Å². The van der Waals surface area contributed by atoms with E-state index in [1.165, 1.54) is 0 Å². The summed E-state index contributed by atoms with van der Waals surface area (Å²) in [5, 5.41) is 17.5. The average Bonchev–Trinajstić information content (AvgIpc) is 0.918. The van der Waals surface area contributed by atoms with Gasteiger partial charge in [0, 0.05) is 0 Å². The molecule has 20 valence electrons. The molecule has 0 heterocycles. The number of rotatable bonds is 0. The Balaban J connectivity index is -0.0000000200. The Hall–Kier alpha value is 3.49. The van der Waals surface area contributed by atoms with Crippen LogP contribution in [0.15, 0.2) is 0 Å². The summed E-state index contributed by atoms with van der Waals surface area (Å²) in [6.07, 6.45) is 0. The standard InChI is InChI=1S/H2O3.2Rb/c1-3-2;;/h1-2H;;/q;2*+1/p-2. The molecule has 0 rings (SSSR count). The first kappa shape index (κ1) is 15.8. The molecular weight excluding hydrogens is 219 g/mol. The fourth-order valence-electron chi connectivity index (χ4n) is 0. The molecule has 0 amide bonds. The van der Waals surface area contributed by atoms with Crippen molar-refractivity contribution in [3.8, 4) is 0 Å². The second-order valence-electron chi connectivity index (χ2n) is 0.0680. The molecule has 0 unspecified atom stereocenters. The summed E-state index contributed by atoms with van der Waals surface area (Å²) in [7, 11) is 0. The molecule has 0 aliphatic heterocycles. The molecule has 0 aromatic rings. The first-order valence-corrected chi connectivity index (χ1v) is 0.333. The summed E-state index contributed by atoms with van der Waals surface area (Å²) < 4.78 is 0. The maximum absolute atomic E-state index is 7.88. The van der Waals surface area contributed by atoms with Crippen molar-refractivity contribution in [2.24, 2.45) is 0 Å². The molecule has 0 aliphatic rings. The normalized spacial score (nSPS) is 3.60. The van der Waals surface area contributed by atoms with Gasteiger partial charge in [-0.2, -0.15) is 0 Å². The zero-order valence-corrected chi connectivity index (χ0v) is 13.1. The fraction of sp³-hybridized carbons (Fsp3) is 0. The van der Waals surface area contributed by atoms with Gasteiger partial charge >= 0.3 is 116 Å². The minimum Gasteiger partial charge on any atom is -0.734 e. The van der Waals surface area contributed by atoms with Crippen molar-refractivity contribution in [1.82, 2.24) is 0 Å². The van der Waals surface area contributed by atoms with Crippen LogP contribution in [0.3, 0.4) is 0 Å². The van der Waals surface area contributed by atoms with E-state index < -0.39 is 0 Å². The van der Waals surface area contributed by atoms with E-state index in [1.807, 2.05) is 0 Å². The molecule has 3 nitrogen and oxygen atoms in total. The van der Waals surface area contributed by atoms with E-state index in [1.54, 1.807) is 5.04 Å². The maximum Gasteiger partial charge on any atom is 1.00 e. The average molecular weight is 219 g/mol. The van der Waals surface area contributed by atoms with Crippen LogP contribution in [0, 0.1) is 0 Å². The molecule has 0 bridgehead atoms. The molecular formula is O3Rb2. The summed E-state index contributed by atoms with van der Waals surface area (Å²) in [5.41, 5.74) is 0. The van der Waals surface area contributed by atoms with Gasteiger partial charge in [0.25, 0.3) is 0 Å². The van der Waals surface area contributed by atoms with Gasteiger partial charge in [-0.25, -0.2) is 0 Å². The SMILES string of the molecule is [O-]O[O-].[Rb+].[Rb+]. The molecule has 5 heteroatoms. The monoisotopic (exact) mass is 218 g/mol. The van der Waals surface area contributed by atoms with Crippen molar-refractivity contribution in [1.29, 1.82) is 0 Å². The zero-order chi connectivity index (χ0) is 2.71. The van der Waals surface area contributed by atoms with Gasteiger partial charge in [-0.1, -0.05) is 0 Å². The van der Waals surface area contributed by atoms with E-state index in [0.717, 1.165) is 0 Å². The third-order valence-corrected chi connectivity index (χ3v) is 0. The van der Waals surface area contributed by atoms with Crippen LogP contribution in [0.25, 0.3) is 0 Å². The Morgan fingerprint density at radius 1 is 1.00 bits per heavy atom. The van der Waals surface area contributed by atoms with Crippen LogP contribution in [-0.2, 0) is 5.04 Å². The molecule has 0 spiro atoms. The molecule has 5 heavy (non-hydrogen) atoms. The van der Waals surface area contributed by atoms with Crippen LogP contribution < -0.4 is 127 Å². The molecule has 0 aliphatic carbocycles. The van der Waals surface area contributed by atoms with Crippen LogP contribution in [0.1, 0.15) is 0 Å². The van der Waals surface area contributed by atoms with E-state index in [2.05, 4.69) is 0 Å². The second kappa shape index (κ2) is 15.6. The fourth-order valence-corrected chi connectivity index (χ4v) is 0. The number of hydrogen-bond acceptors (Lipinski definition) is 3. The van der Waals surface area contributed by atoms with E-state index in [0.29, 0.717) is 0 Å². The van der Waals surface area contributed by atoms with Crippen molar-refractivity contribution in [2.45, 2.75) is 0 Å². The van der Waals surface area contributed by atoms with Crippen LogP contribution >= 0.6 is 0 Å². The molecule has 0 radical (unpaired) electrons. The molecule has 0 aromatic carbocycles. The van der Waals surface area contributed by atoms with Crippen LogP contribution in [0.2, 0.25) is 0 Å². The Labute approximate surface area is 128 Å². The van der Waals surface area contributed by atoms with Crippen LogP contribution in [0.5, 0.6) is 0 Å². The Morgan fingerprint density at radius 2 is 1.00 bits per heavy atom. The quantitative estimate of drug-likeness (QED) is 0.300. The van der Waals surface area contributed by atoms with E-state index in [4.69, 9.17) is 10.5 Å². The van der Waals surface area contributed by atoms with E-state index >= 15 is 0 Å². The predicted molar refractivity (Wildman–Crippen MR) is 1.08 cm³/mol. The summed E-state index contributed by atoms with van der Waals surface area (Å²) in [6.45, 7) is 0. The number of hydrogen-bond donors (Lipinski definition) is 0. The van der Waals surface area contributed by atoms with Gasteiger partial charge in [-0.3, -0.25) is 0 Å². The molecule has 0 saturated carbocycles. The van der Waals surface area contributed by atoms with Gasteiger partial charge in [0.1, 0.15) is 0 Å². The minimum atomic E-state index is 0. The van der Waals surface area contributed by atoms with Gasteiger partial charge in [0.15, 0.2) is 0 Å². The minimum absolute atomic E-state index is 0. The third-order valence-electron chi connectivity index (χ3n) is 0. The topological polar surface area (TPSA) is 55.3 Å². The van der Waals surface area contributed by atoms with Crippen molar-refractivity contribution < 1.29 is 132 Å². The molecule has 0 N–H and O–H groups in total. The largest absolute Gasteiger partial charge is 1.00 e. The van der Waals surface area contributed by atoms with Gasteiger partial charge in [-0.05, 0) is 0 Å². The molecule has 0 fully saturated rings. The first-order chi connectivity index (χ1) is 1.41. The van der Waals surface area contributed by atoms with Gasteiger partial charge in [0.05, 0.1) is 0 Å². The van der Waals surface area contributed by atoms with Crippen molar-refractivity contribution in [3.05, 3.63) is 0 Å². The van der Waals surface area contributed by atoms with Gasteiger partial charge in [-0.15, -0.1) is 0 Å². The van der Waals surface area contributed by atoms with Crippen molar-refractivity contribution in [3.63, 3.8) is 0 Å². The zero-order valence-electron chi connectivity index (χ0n) is 3.22. The summed E-state index contributed by atoms with van der Waals surface area (Å²) in [4.78, 5) is 0. The van der Waals surface area contributed by atoms with Gasteiger partial charge in [0.2, 0.25) is 0 Å². The molecule has 0 aromatic heterocycles. The molecule has 0 saturated heterocycles.